The van der Waals surface area contributed by atoms with E-state index in [0.717, 1.165) is 28.5 Å². The molecule has 0 atom stereocenters. The molecule has 0 bridgehead atoms. The van der Waals surface area contributed by atoms with E-state index in [9.17, 15) is 5.11 Å². The normalized spacial score (nSPS) is 11.0. The Morgan fingerprint density at radius 1 is 0.778 bits per heavy atom. The van der Waals surface area contributed by atoms with Gasteiger partial charge in [0.2, 0.25) is 0 Å². The number of phenolic OH excluding ortho intramolecular Hbond substituents is 1. The van der Waals surface area contributed by atoms with E-state index in [1.807, 2.05) is 54.6 Å². The molecule has 4 rings (SSSR count). The van der Waals surface area contributed by atoms with Gasteiger partial charge in [0, 0.05) is 24.1 Å². The molecule has 2 N–H and O–H groups in total. The van der Waals surface area contributed by atoms with Crippen LogP contribution in [0.5, 0.6) is 28.7 Å². The van der Waals surface area contributed by atoms with Crippen molar-refractivity contribution in [1.29, 1.82) is 0 Å². The number of nitrogens with zero attached hydrogens (tertiary/aromatic N) is 2. The lowest BCUT2D eigenvalue weighted by Crippen LogP contribution is -2.08. The summed E-state index contributed by atoms with van der Waals surface area (Å²) in [5.74, 6) is 4.04. The standard InChI is InChI=1S/C28H29N3O5/c1-33-21-13-19(14-22(15-21)34-2)7-10-27-30-24-17-26(36-4)25(35-3)16-23(24)28(31-27)29-12-11-18-5-8-20(32)9-6-18/h5-10,13-17,32H,11-12H2,1-4H3,(H,29,30,31)/b10-7+. The Labute approximate surface area is 210 Å². The number of aromatic nitrogens is 2. The van der Waals surface area contributed by atoms with E-state index >= 15 is 0 Å². The van der Waals surface area contributed by atoms with Crippen LogP contribution in [0.2, 0.25) is 0 Å². The summed E-state index contributed by atoms with van der Waals surface area (Å²) in [6.07, 6.45) is 4.51. The van der Waals surface area contributed by atoms with E-state index in [-0.39, 0.29) is 5.75 Å². The Bertz CT molecular complexity index is 1350. The van der Waals surface area contributed by atoms with Crippen molar-refractivity contribution in [3.05, 3.63) is 71.5 Å². The minimum atomic E-state index is 0.250. The van der Waals surface area contributed by atoms with E-state index in [0.29, 0.717) is 41.2 Å². The topological polar surface area (TPSA) is 95.0 Å². The highest BCUT2D eigenvalue weighted by Gasteiger charge is 2.13. The number of rotatable bonds is 10. The van der Waals surface area contributed by atoms with Crippen molar-refractivity contribution in [3.63, 3.8) is 0 Å². The first-order valence-corrected chi connectivity index (χ1v) is 11.4. The van der Waals surface area contributed by atoms with Gasteiger partial charge in [0.05, 0.1) is 34.0 Å². The van der Waals surface area contributed by atoms with Gasteiger partial charge in [0.15, 0.2) is 17.3 Å². The molecule has 1 heterocycles. The summed E-state index contributed by atoms with van der Waals surface area (Å²) in [4.78, 5) is 9.50. The molecule has 0 aliphatic rings. The monoisotopic (exact) mass is 487 g/mol. The van der Waals surface area contributed by atoms with Crippen molar-refractivity contribution in [2.24, 2.45) is 0 Å². The van der Waals surface area contributed by atoms with E-state index in [1.54, 1.807) is 40.6 Å². The number of methoxy groups -OCH3 is 4. The van der Waals surface area contributed by atoms with Crippen LogP contribution in [0.3, 0.4) is 0 Å². The van der Waals surface area contributed by atoms with Crippen LogP contribution in [-0.4, -0.2) is 50.1 Å². The first kappa shape index (κ1) is 24.7. The fourth-order valence-corrected chi connectivity index (χ4v) is 3.77. The number of hydrogen-bond acceptors (Lipinski definition) is 8. The van der Waals surface area contributed by atoms with E-state index in [4.69, 9.17) is 28.9 Å². The first-order valence-electron chi connectivity index (χ1n) is 11.4. The summed E-state index contributed by atoms with van der Waals surface area (Å²) in [5, 5.41) is 13.8. The molecule has 36 heavy (non-hydrogen) atoms. The molecule has 0 aliphatic heterocycles. The molecule has 3 aromatic carbocycles. The Balaban J connectivity index is 1.68. The maximum Gasteiger partial charge on any atom is 0.162 e. The van der Waals surface area contributed by atoms with Crippen LogP contribution in [0.15, 0.2) is 54.6 Å². The molecule has 8 heteroatoms. The van der Waals surface area contributed by atoms with E-state index in [1.165, 1.54) is 0 Å². The summed E-state index contributed by atoms with van der Waals surface area (Å²) in [6.45, 7) is 0.640. The summed E-state index contributed by atoms with van der Waals surface area (Å²) in [5.41, 5.74) is 2.71. The molecule has 0 fully saturated rings. The number of hydrogen-bond donors (Lipinski definition) is 2. The zero-order valence-corrected chi connectivity index (χ0v) is 20.7. The second-order valence-corrected chi connectivity index (χ2v) is 7.98. The minimum absolute atomic E-state index is 0.250. The highest BCUT2D eigenvalue weighted by atomic mass is 16.5. The van der Waals surface area contributed by atoms with Gasteiger partial charge in [0.1, 0.15) is 23.1 Å². The van der Waals surface area contributed by atoms with Crippen LogP contribution >= 0.6 is 0 Å². The average molecular weight is 488 g/mol. The molecule has 0 saturated carbocycles. The van der Waals surface area contributed by atoms with Crippen LogP contribution < -0.4 is 24.3 Å². The molecule has 0 unspecified atom stereocenters. The van der Waals surface area contributed by atoms with Gasteiger partial charge in [-0.3, -0.25) is 0 Å². The second-order valence-electron chi connectivity index (χ2n) is 7.98. The number of phenols is 1. The lowest BCUT2D eigenvalue weighted by molar-refractivity contribution is 0.356. The fraction of sp³-hybridized carbons (Fsp3) is 0.214. The van der Waals surface area contributed by atoms with Gasteiger partial charge in [0.25, 0.3) is 0 Å². The zero-order chi connectivity index (χ0) is 25.5. The van der Waals surface area contributed by atoms with Gasteiger partial charge in [-0.25, -0.2) is 9.97 Å². The lowest BCUT2D eigenvalue weighted by Gasteiger charge is -2.13. The Hall–Kier alpha value is -4.46. The van der Waals surface area contributed by atoms with E-state index < -0.39 is 0 Å². The predicted octanol–water partition coefficient (Wildman–Crippen LogP) is 5.19. The SMILES string of the molecule is COc1cc(/C=C/c2nc(NCCc3ccc(O)cc3)c3cc(OC)c(OC)cc3n2)cc(OC)c1. The molecule has 0 aliphatic carbocycles. The predicted molar refractivity (Wildman–Crippen MR) is 141 cm³/mol. The van der Waals surface area contributed by atoms with Gasteiger partial charge >= 0.3 is 0 Å². The molecule has 1 aromatic heterocycles. The van der Waals surface area contributed by atoms with Crippen molar-refractivity contribution in [2.45, 2.75) is 6.42 Å². The molecule has 186 valence electrons. The number of benzene rings is 3. The molecular formula is C28H29N3O5. The number of ether oxygens (including phenoxy) is 4. The maximum absolute atomic E-state index is 9.52. The van der Waals surface area contributed by atoms with Crippen molar-refractivity contribution >= 4 is 28.9 Å². The third-order valence-corrected chi connectivity index (χ3v) is 5.66. The summed E-state index contributed by atoms with van der Waals surface area (Å²) in [6, 6.07) is 16.5. The zero-order valence-electron chi connectivity index (χ0n) is 20.7. The highest BCUT2D eigenvalue weighted by molar-refractivity contribution is 5.92. The molecular weight excluding hydrogens is 458 g/mol. The maximum atomic E-state index is 9.52. The van der Waals surface area contributed by atoms with Gasteiger partial charge in [-0.1, -0.05) is 18.2 Å². The minimum Gasteiger partial charge on any atom is -0.508 e. The van der Waals surface area contributed by atoms with Crippen molar-refractivity contribution in [3.8, 4) is 28.7 Å². The third kappa shape index (κ3) is 5.78. The molecule has 0 radical (unpaired) electrons. The summed E-state index contributed by atoms with van der Waals surface area (Å²) in [7, 11) is 6.43. The Kier molecular flexibility index (Phi) is 7.75. The quantitative estimate of drug-likeness (QED) is 0.315. The number of aromatic hydroxyl groups is 1. The van der Waals surface area contributed by atoms with Crippen molar-refractivity contribution in [2.75, 3.05) is 40.3 Å². The number of fused-ring (bicyclic) bond motifs is 1. The van der Waals surface area contributed by atoms with Crippen molar-refractivity contribution < 1.29 is 24.1 Å². The van der Waals surface area contributed by atoms with Gasteiger partial charge in [-0.2, -0.15) is 0 Å². The van der Waals surface area contributed by atoms with Crippen LogP contribution in [0.1, 0.15) is 17.0 Å². The molecule has 0 amide bonds. The average Bonchev–Trinajstić information content (AvgIpc) is 2.91. The summed E-state index contributed by atoms with van der Waals surface area (Å²) < 4.78 is 21.7. The largest absolute Gasteiger partial charge is 0.508 e. The van der Waals surface area contributed by atoms with Crippen molar-refractivity contribution in [1.82, 2.24) is 9.97 Å². The second kappa shape index (κ2) is 11.3. The number of anilines is 1. The van der Waals surface area contributed by atoms with Gasteiger partial charge in [-0.15, -0.1) is 0 Å². The Morgan fingerprint density at radius 2 is 1.44 bits per heavy atom. The first-order chi connectivity index (χ1) is 17.5. The van der Waals surface area contributed by atoms with Gasteiger partial charge < -0.3 is 29.4 Å². The van der Waals surface area contributed by atoms with Crippen LogP contribution in [0, 0.1) is 0 Å². The highest BCUT2D eigenvalue weighted by Crippen LogP contribution is 2.34. The molecule has 4 aromatic rings. The van der Waals surface area contributed by atoms with Crippen LogP contribution in [0.25, 0.3) is 23.1 Å². The van der Waals surface area contributed by atoms with Gasteiger partial charge in [-0.05, 0) is 54.0 Å². The van der Waals surface area contributed by atoms with Crippen LogP contribution in [0.4, 0.5) is 5.82 Å². The molecule has 0 spiro atoms. The number of nitrogens with one attached hydrogen (secondary N) is 1. The van der Waals surface area contributed by atoms with E-state index in [2.05, 4.69) is 5.32 Å². The smallest absolute Gasteiger partial charge is 0.162 e. The fourth-order valence-electron chi connectivity index (χ4n) is 3.77. The van der Waals surface area contributed by atoms with Crippen LogP contribution in [-0.2, 0) is 6.42 Å². The summed E-state index contributed by atoms with van der Waals surface area (Å²) >= 11 is 0. The lowest BCUT2D eigenvalue weighted by atomic mass is 10.1. The third-order valence-electron chi connectivity index (χ3n) is 5.66. The molecule has 0 saturated heterocycles. The molecule has 8 nitrogen and oxygen atoms in total. The Morgan fingerprint density at radius 3 is 2.08 bits per heavy atom.